The van der Waals surface area contributed by atoms with E-state index in [4.69, 9.17) is 4.74 Å². The fourth-order valence-electron chi connectivity index (χ4n) is 5.41. The van der Waals surface area contributed by atoms with E-state index in [0.29, 0.717) is 18.8 Å². The second kappa shape index (κ2) is 16.7. The van der Waals surface area contributed by atoms with Crippen molar-refractivity contribution in [3.63, 3.8) is 0 Å². The van der Waals surface area contributed by atoms with Gasteiger partial charge in [-0.2, -0.15) is 0 Å². The largest absolute Gasteiger partial charge is 0.444 e. The second-order valence-electron chi connectivity index (χ2n) is 13.1. The van der Waals surface area contributed by atoms with Crippen LogP contribution in [0.4, 0.5) is 4.79 Å². The number of rotatable bonds is 14. The van der Waals surface area contributed by atoms with Crippen molar-refractivity contribution in [1.29, 1.82) is 0 Å². The van der Waals surface area contributed by atoms with Gasteiger partial charge in [0, 0.05) is 12.1 Å². The van der Waals surface area contributed by atoms with Crippen molar-refractivity contribution in [3.8, 4) is 0 Å². The standard InChI is InChI=1S/C32H54N4O5/c1-8-22(4)28(30(39)34-20-24-16-12-13-17-33-24)36-29(38)25(21(2)3)19-27(37)26(18-23-14-10-9-11-15-23)35-31(40)41-32(5,6)7/h12-13,16-17,21-23,25-28,37H,8-11,14-15,18-20H2,1-7H3,(H,34,39)(H,35,40)(H,36,38)/t22?,25-,26+,27+,28+/m1/s1. The molecule has 2 rings (SSSR count). The van der Waals surface area contributed by atoms with Crippen molar-refractivity contribution >= 4 is 17.9 Å². The minimum atomic E-state index is -0.942. The van der Waals surface area contributed by atoms with E-state index in [1.807, 2.05) is 45.9 Å². The average molecular weight is 575 g/mol. The van der Waals surface area contributed by atoms with Crippen LogP contribution in [0.3, 0.4) is 0 Å². The first kappa shape index (κ1) is 34.5. The fraction of sp³-hybridized carbons (Fsp3) is 0.750. The summed E-state index contributed by atoms with van der Waals surface area (Å²) in [5.41, 5.74) is 0.0761. The highest BCUT2D eigenvalue weighted by atomic mass is 16.6. The Kier molecular flexibility index (Phi) is 14.0. The van der Waals surface area contributed by atoms with Crippen molar-refractivity contribution in [2.24, 2.45) is 23.7 Å². The lowest BCUT2D eigenvalue weighted by atomic mass is 9.81. The monoisotopic (exact) mass is 574 g/mol. The van der Waals surface area contributed by atoms with Gasteiger partial charge in [0.05, 0.1) is 24.4 Å². The van der Waals surface area contributed by atoms with Crippen LogP contribution in [0, 0.1) is 23.7 Å². The molecule has 0 aliphatic heterocycles. The van der Waals surface area contributed by atoms with Crippen LogP contribution < -0.4 is 16.0 Å². The molecule has 3 amide bonds. The highest BCUT2D eigenvalue weighted by molar-refractivity contribution is 5.88. The number of aromatic nitrogens is 1. The third-order valence-corrected chi connectivity index (χ3v) is 8.08. The number of hydrogen-bond donors (Lipinski definition) is 4. The molecule has 232 valence electrons. The number of hydrogen-bond acceptors (Lipinski definition) is 6. The Hall–Kier alpha value is -2.68. The van der Waals surface area contributed by atoms with E-state index >= 15 is 0 Å². The lowest BCUT2D eigenvalue weighted by Crippen LogP contribution is -2.53. The zero-order chi connectivity index (χ0) is 30.6. The molecule has 1 fully saturated rings. The predicted octanol–water partition coefficient (Wildman–Crippen LogP) is 5.12. The number of carbonyl (C=O) groups excluding carboxylic acids is 3. The summed E-state index contributed by atoms with van der Waals surface area (Å²) in [7, 11) is 0. The first-order chi connectivity index (χ1) is 19.3. The van der Waals surface area contributed by atoms with Crippen LogP contribution in [0.25, 0.3) is 0 Å². The molecule has 0 radical (unpaired) electrons. The minimum absolute atomic E-state index is 0.0873. The van der Waals surface area contributed by atoms with Crippen LogP contribution in [-0.4, -0.2) is 51.8 Å². The molecule has 9 nitrogen and oxygen atoms in total. The van der Waals surface area contributed by atoms with Gasteiger partial charge < -0.3 is 25.8 Å². The van der Waals surface area contributed by atoms with E-state index in [1.165, 1.54) is 6.42 Å². The molecule has 9 heteroatoms. The lowest BCUT2D eigenvalue weighted by Gasteiger charge is -2.33. The van der Waals surface area contributed by atoms with Crippen LogP contribution >= 0.6 is 0 Å². The van der Waals surface area contributed by atoms with Gasteiger partial charge in [-0.15, -0.1) is 0 Å². The topological polar surface area (TPSA) is 130 Å². The summed E-state index contributed by atoms with van der Waals surface area (Å²) in [6, 6.07) is 4.26. The summed E-state index contributed by atoms with van der Waals surface area (Å²) < 4.78 is 5.49. The summed E-state index contributed by atoms with van der Waals surface area (Å²) in [6.45, 7) is 13.5. The number of ether oxygens (including phenoxy) is 1. The Morgan fingerprint density at radius 1 is 1.05 bits per heavy atom. The Morgan fingerprint density at radius 2 is 1.73 bits per heavy atom. The number of aliphatic hydroxyl groups excluding tert-OH is 1. The summed E-state index contributed by atoms with van der Waals surface area (Å²) in [4.78, 5) is 43.7. The maximum atomic E-state index is 13.6. The van der Waals surface area contributed by atoms with Crippen molar-refractivity contribution in [2.45, 2.75) is 130 Å². The highest BCUT2D eigenvalue weighted by Gasteiger charge is 2.35. The van der Waals surface area contributed by atoms with Gasteiger partial charge in [-0.05, 0) is 63.5 Å². The smallest absolute Gasteiger partial charge is 0.407 e. The molecule has 0 spiro atoms. The van der Waals surface area contributed by atoms with E-state index in [-0.39, 0.29) is 36.6 Å². The quantitative estimate of drug-likeness (QED) is 0.244. The van der Waals surface area contributed by atoms with E-state index in [2.05, 4.69) is 20.9 Å². The molecular formula is C32H54N4O5. The molecule has 1 aromatic heterocycles. The maximum Gasteiger partial charge on any atom is 0.407 e. The number of amides is 3. The molecule has 1 unspecified atom stereocenters. The molecule has 1 aliphatic carbocycles. The first-order valence-electron chi connectivity index (χ1n) is 15.5. The van der Waals surface area contributed by atoms with Crippen LogP contribution in [-0.2, 0) is 20.9 Å². The van der Waals surface area contributed by atoms with Crippen LogP contribution in [0.15, 0.2) is 24.4 Å². The van der Waals surface area contributed by atoms with Crippen LogP contribution in [0.2, 0.25) is 0 Å². The molecule has 1 saturated carbocycles. The van der Waals surface area contributed by atoms with E-state index < -0.39 is 35.8 Å². The highest BCUT2D eigenvalue weighted by Crippen LogP contribution is 2.30. The number of alkyl carbamates (subject to hydrolysis) is 1. The van der Waals surface area contributed by atoms with Gasteiger partial charge in [-0.1, -0.05) is 72.3 Å². The van der Waals surface area contributed by atoms with Gasteiger partial charge in [0.2, 0.25) is 11.8 Å². The van der Waals surface area contributed by atoms with Crippen LogP contribution in [0.1, 0.15) is 106 Å². The lowest BCUT2D eigenvalue weighted by molar-refractivity contribution is -0.134. The molecule has 1 heterocycles. The number of carbonyl (C=O) groups is 3. The third-order valence-electron chi connectivity index (χ3n) is 8.08. The predicted molar refractivity (Wildman–Crippen MR) is 161 cm³/mol. The van der Waals surface area contributed by atoms with Crippen molar-refractivity contribution in [1.82, 2.24) is 20.9 Å². The molecule has 4 N–H and O–H groups in total. The number of nitrogens with zero attached hydrogens (tertiary/aromatic N) is 1. The molecule has 41 heavy (non-hydrogen) atoms. The normalized spacial score (nSPS) is 18.1. The van der Waals surface area contributed by atoms with Crippen molar-refractivity contribution in [3.05, 3.63) is 30.1 Å². The van der Waals surface area contributed by atoms with Gasteiger partial charge in [0.15, 0.2) is 0 Å². The Morgan fingerprint density at radius 3 is 2.29 bits per heavy atom. The number of pyridine rings is 1. The molecule has 1 aliphatic rings. The summed E-state index contributed by atoms with van der Waals surface area (Å²) in [5.74, 6) is -0.852. The van der Waals surface area contributed by atoms with Crippen LogP contribution in [0.5, 0.6) is 0 Å². The van der Waals surface area contributed by atoms with Gasteiger partial charge in [-0.25, -0.2) is 4.79 Å². The zero-order valence-corrected chi connectivity index (χ0v) is 26.2. The Bertz CT molecular complexity index is 943. The van der Waals surface area contributed by atoms with E-state index in [0.717, 1.165) is 31.4 Å². The number of nitrogens with one attached hydrogen (secondary N) is 3. The van der Waals surface area contributed by atoms with Gasteiger partial charge >= 0.3 is 6.09 Å². The zero-order valence-electron chi connectivity index (χ0n) is 26.2. The molecular weight excluding hydrogens is 520 g/mol. The maximum absolute atomic E-state index is 13.6. The molecule has 0 aromatic carbocycles. The average Bonchev–Trinajstić information content (AvgIpc) is 2.92. The molecule has 0 saturated heterocycles. The molecule has 0 bridgehead atoms. The van der Waals surface area contributed by atoms with Gasteiger partial charge in [0.25, 0.3) is 0 Å². The van der Waals surface area contributed by atoms with E-state index in [1.54, 1.807) is 27.0 Å². The van der Waals surface area contributed by atoms with Gasteiger partial charge in [-0.3, -0.25) is 14.6 Å². The SMILES string of the molecule is CCC(C)[C@H](NC(=O)[C@H](C[C@H](O)[C@H](CC1CCCCC1)NC(=O)OC(C)(C)C)C(C)C)C(=O)NCc1ccccn1. The summed E-state index contributed by atoms with van der Waals surface area (Å²) >= 11 is 0. The minimum Gasteiger partial charge on any atom is -0.444 e. The fourth-order valence-corrected chi connectivity index (χ4v) is 5.41. The van der Waals surface area contributed by atoms with Crippen molar-refractivity contribution in [2.75, 3.05) is 0 Å². The Labute approximate surface area is 247 Å². The first-order valence-corrected chi connectivity index (χ1v) is 15.5. The molecule has 5 atom stereocenters. The summed E-state index contributed by atoms with van der Waals surface area (Å²) in [5, 5.41) is 20.2. The van der Waals surface area contributed by atoms with Gasteiger partial charge in [0.1, 0.15) is 11.6 Å². The second-order valence-corrected chi connectivity index (χ2v) is 13.1. The van der Waals surface area contributed by atoms with Crippen molar-refractivity contribution < 1.29 is 24.2 Å². The van der Waals surface area contributed by atoms with E-state index in [9.17, 15) is 19.5 Å². The number of aliphatic hydroxyl groups is 1. The summed E-state index contributed by atoms with van der Waals surface area (Å²) in [6.07, 6.45) is 7.32. The Balaban J connectivity index is 2.13. The molecule has 1 aromatic rings. The third kappa shape index (κ3) is 12.4.